The molecule has 0 aliphatic carbocycles. The van der Waals surface area contributed by atoms with Crippen molar-refractivity contribution in [3.63, 3.8) is 0 Å². The third-order valence-corrected chi connectivity index (χ3v) is 27.7. The molecule has 0 atom stereocenters. The third kappa shape index (κ3) is 18.2. The normalized spacial score (nSPS) is 13.4. The second kappa shape index (κ2) is 40.7. The van der Waals surface area contributed by atoms with Crippen molar-refractivity contribution >= 4 is 224 Å². The Balaban J connectivity index is 0.000000171. The van der Waals surface area contributed by atoms with Gasteiger partial charge in [-0.3, -0.25) is 57.4 Å². The molecular weight excluding hydrogens is 1990 g/mol. The van der Waals surface area contributed by atoms with E-state index in [1.165, 1.54) is 31.9 Å². The largest absolute Gasteiger partial charge is 0.395 e. The summed E-state index contributed by atoms with van der Waals surface area (Å²) in [6, 6.07) is 16.2. The van der Waals surface area contributed by atoms with Gasteiger partial charge in [0.1, 0.15) is 51.8 Å². The van der Waals surface area contributed by atoms with E-state index in [0.717, 1.165) is 0 Å². The number of aryl methyl sites for hydroxylation is 3. The molecule has 3 saturated heterocycles. The van der Waals surface area contributed by atoms with Crippen LogP contribution in [-0.4, -0.2) is 155 Å². The molecule has 27 nitrogen and oxygen atoms in total. The van der Waals surface area contributed by atoms with E-state index in [-0.39, 0.29) is 148 Å². The van der Waals surface area contributed by atoms with Gasteiger partial charge < -0.3 is 46.6 Å². The molecule has 3 aliphatic heterocycles. The molecule has 0 bridgehead atoms. The van der Waals surface area contributed by atoms with Crippen molar-refractivity contribution < 1.29 is 27.6 Å². The third-order valence-electron chi connectivity index (χ3n) is 23.2. The molecule has 135 heavy (non-hydrogen) atoms. The van der Waals surface area contributed by atoms with E-state index in [2.05, 4.69) is 52.9 Å². The molecule has 9 aromatic heterocycles. The first kappa shape index (κ1) is 101. The Morgan fingerprint density at radius 1 is 0.378 bits per heavy atom. The van der Waals surface area contributed by atoms with Crippen LogP contribution >= 0.6 is 139 Å². The predicted octanol–water partition coefficient (Wildman–Crippen LogP) is 20.8. The molecule has 0 saturated carbocycles. The number of hydrogen-bond donors (Lipinski definition) is 3. The first-order valence-corrected chi connectivity index (χ1v) is 45.8. The fourth-order valence-electron chi connectivity index (χ4n) is 16.5. The van der Waals surface area contributed by atoms with Crippen LogP contribution in [0.4, 0.5) is 47.3 Å². The molecule has 12 heterocycles. The van der Waals surface area contributed by atoms with Crippen molar-refractivity contribution in [1.82, 2.24) is 58.3 Å². The number of piperazine rings is 3. The number of rotatable bonds is 15. The van der Waals surface area contributed by atoms with Gasteiger partial charge in [0.05, 0.1) is 146 Å². The van der Waals surface area contributed by atoms with Crippen LogP contribution in [0, 0.1) is 72.2 Å². The number of hydrogen-bond acceptors (Lipinski definition) is 21. The number of nitriles is 3. The summed E-state index contributed by atoms with van der Waals surface area (Å²) in [5.41, 5.74) is 20.4. The van der Waals surface area contributed by atoms with Crippen LogP contribution in [0.1, 0.15) is 110 Å². The molecule has 42 heteroatoms. The van der Waals surface area contributed by atoms with Crippen molar-refractivity contribution in [2.45, 2.75) is 80.1 Å². The van der Waals surface area contributed by atoms with Crippen LogP contribution in [0.25, 0.3) is 83.9 Å². The lowest BCUT2D eigenvalue weighted by Crippen LogP contribution is -2.49. The minimum Gasteiger partial charge on any atom is -0.395 e. The van der Waals surface area contributed by atoms with Gasteiger partial charge in [-0.15, -0.1) is 0 Å². The maximum Gasteiger partial charge on any atom is 0.276 e. The number of amides is 3. The maximum atomic E-state index is 14.6. The lowest BCUT2D eigenvalue weighted by Gasteiger charge is -2.36. The summed E-state index contributed by atoms with van der Waals surface area (Å²) < 4.78 is 48.0. The lowest BCUT2D eigenvalue weighted by atomic mass is 10.0. The number of carbonyl (C=O) groups excluding carboxylic acids is 3. The fraction of sp³-hybridized carbons (Fsp3) is 0.258. The Morgan fingerprint density at radius 2 is 0.600 bits per heavy atom. The number of halogens is 15. The number of fused-ring (bicyclic) bond motifs is 3. The van der Waals surface area contributed by atoms with Crippen LogP contribution in [-0.2, 0) is 14.4 Å². The van der Waals surface area contributed by atoms with E-state index < -0.39 is 66.3 Å². The Kier molecular flexibility index (Phi) is 30.4. The fourth-order valence-corrected chi connectivity index (χ4v) is 19.6. The maximum absolute atomic E-state index is 14.6. The van der Waals surface area contributed by atoms with E-state index in [0.29, 0.717) is 163 Å². The van der Waals surface area contributed by atoms with Crippen LogP contribution in [0.3, 0.4) is 0 Å². The molecule has 15 rings (SSSR count). The van der Waals surface area contributed by atoms with Crippen LogP contribution in [0.15, 0.2) is 107 Å². The standard InChI is InChI=1S/3C31H26Cl4FN7O2/c3*1-5-19(44)41-8-10-42(11-9-41)29-16-12-18(32)27(20-21(33)23(35)24(36)25(38)22(20)34)40-30(16)43(31(45)17(29)13-37)28-15(4)6-7-39-26(28)14(2)3/h3*5-7,12,14H,1,8-11,38H2,2-4H3. The minimum absolute atomic E-state index is 0.00869. The average Bonchev–Trinajstić information content (AvgIpc) is 0.728. The molecule has 3 aliphatic rings. The van der Waals surface area contributed by atoms with Crippen LogP contribution in [0.5, 0.6) is 0 Å². The van der Waals surface area contributed by atoms with E-state index >= 15 is 0 Å². The number of nitrogens with zero attached hydrogens (tertiary/aromatic N) is 18. The summed E-state index contributed by atoms with van der Waals surface area (Å²) in [4.78, 5) is 119. The molecule has 12 aromatic rings. The topological polar surface area (TPSA) is 363 Å². The summed E-state index contributed by atoms with van der Waals surface area (Å²) >= 11 is 78.0. The number of nitrogens with two attached hydrogens (primary N) is 3. The molecule has 3 fully saturated rings. The SMILES string of the molecule is C=CC(=O)N1CCN(c2c(C#N)c(=O)n(-c3c(C)ccnc3C(C)C)c3nc(-c4c(Cl)c(N)c(F)c(Cl)c4Cl)c(Cl)cc23)CC1.C=CC(=O)N1CCN(c2c(C#N)c(=O)n(-c3c(C)ccnc3C(C)C)c3nc(-c4c(Cl)c(N)c(F)c(Cl)c4Cl)c(Cl)cc23)CC1.C=CC(=O)N1CCN(c2c(C#N)c(=O)n(-c3c(C)ccnc3C(C)C)c3nc(-c4c(Cl)c(N)c(F)c(Cl)c4Cl)c(Cl)cc23)CC1. The van der Waals surface area contributed by atoms with Crippen LogP contribution in [0.2, 0.25) is 60.3 Å². The molecule has 3 aromatic carbocycles. The Bertz CT molecular complexity index is 6640. The van der Waals surface area contributed by atoms with Crippen molar-refractivity contribution in [3.8, 4) is 69.0 Å². The van der Waals surface area contributed by atoms with Crippen molar-refractivity contribution in [3.05, 3.63) is 252 Å². The lowest BCUT2D eigenvalue weighted by molar-refractivity contribution is -0.127. The second-order valence-electron chi connectivity index (χ2n) is 32.2. The number of anilines is 6. The second-order valence-corrected chi connectivity index (χ2v) is 36.9. The van der Waals surface area contributed by atoms with E-state index in [1.54, 1.807) is 69.7 Å². The molecular formula is C93H78Cl12F3N21O6. The monoisotopic (exact) mass is 2060 g/mol. The summed E-state index contributed by atoms with van der Waals surface area (Å²) in [5.74, 6) is -3.99. The predicted molar refractivity (Wildman–Crippen MR) is 533 cm³/mol. The highest BCUT2D eigenvalue weighted by molar-refractivity contribution is 6.50. The van der Waals surface area contributed by atoms with E-state index in [4.69, 9.17) is 171 Å². The van der Waals surface area contributed by atoms with Crippen molar-refractivity contribution in [1.29, 1.82) is 15.8 Å². The van der Waals surface area contributed by atoms with Crippen LogP contribution < -0.4 is 48.6 Å². The van der Waals surface area contributed by atoms with Gasteiger partial charge in [0, 0.05) is 130 Å². The number of carbonyl (C=O) groups is 3. The highest BCUT2D eigenvalue weighted by Crippen LogP contribution is 2.52. The highest BCUT2D eigenvalue weighted by atomic mass is 35.5. The van der Waals surface area contributed by atoms with E-state index in [1.807, 2.05) is 77.0 Å². The van der Waals surface area contributed by atoms with Crippen molar-refractivity contribution in [2.24, 2.45) is 0 Å². The van der Waals surface area contributed by atoms with Gasteiger partial charge in [-0.05, 0) is 110 Å². The first-order valence-electron chi connectivity index (χ1n) is 41.3. The molecule has 3 amide bonds. The molecule has 696 valence electrons. The number of nitrogen functional groups attached to an aromatic ring is 3. The summed E-state index contributed by atoms with van der Waals surface area (Å²) in [7, 11) is 0. The number of benzene rings is 3. The summed E-state index contributed by atoms with van der Waals surface area (Å²) in [5, 5.41) is 29.4. The van der Waals surface area contributed by atoms with Crippen molar-refractivity contribution in [2.75, 3.05) is 110 Å². The van der Waals surface area contributed by atoms with Gasteiger partial charge in [-0.2, -0.15) is 15.8 Å². The molecule has 6 N–H and O–H groups in total. The number of aromatic nitrogens is 9. The van der Waals surface area contributed by atoms with Gasteiger partial charge in [0.15, 0.2) is 17.5 Å². The zero-order valence-electron chi connectivity index (χ0n) is 73.2. The quantitative estimate of drug-likeness (QED) is 0.0371. The minimum atomic E-state index is -0.994. The van der Waals surface area contributed by atoms with E-state index in [9.17, 15) is 57.7 Å². The summed E-state index contributed by atoms with van der Waals surface area (Å²) in [6.07, 6.45) is 8.65. The summed E-state index contributed by atoms with van der Waals surface area (Å²) in [6.45, 7) is 31.6. The molecule has 0 spiro atoms. The zero-order valence-corrected chi connectivity index (χ0v) is 82.2. The Labute approximate surface area is 830 Å². The smallest absolute Gasteiger partial charge is 0.276 e. The molecule has 0 radical (unpaired) electrons. The molecule has 0 unspecified atom stereocenters. The first-order chi connectivity index (χ1) is 64.0. The van der Waals surface area contributed by atoms with Gasteiger partial charge in [0.2, 0.25) is 17.7 Å². The zero-order chi connectivity index (χ0) is 98.7. The van der Waals surface area contributed by atoms with Gasteiger partial charge in [0.25, 0.3) is 16.7 Å². The van der Waals surface area contributed by atoms with Gasteiger partial charge >= 0.3 is 0 Å². The van der Waals surface area contributed by atoms with Gasteiger partial charge in [-0.25, -0.2) is 28.1 Å². The highest BCUT2D eigenvalue weighted by Gasteiger charge is 2.38. The van der Waals surface area contributed by atoms with Gasteiger partial charge in [-0.1, -0.05) is 200 Å². The Hall–Kier alpha value is -11.6. The number of pyridine rings is 9. The average molecular weight is 2070 g/mol. The Morgan fingerprint density at radius 3 is 0.800 bits per heavy atom.